The number of aromatic nitrogens is 2. The molecule has 0 bridgehead atoms. The van der Waals surface area contributed by atoms with Crippen LogP contribution in [-0.2, 0) is 13.6 Å². The summed E-state index contributed by atoms with van der Waals surface area (Å²) in [7, 11) is 6.07. The van der Waals surface area contributed by atoms with E-state index in [0.29, 0.717) is 11.6 Å². The van der Waals surface area contributed by atoms with Crippen LogP contribution in [-0.4, -0.2) is 30.5 Å². The summed E-state index contributed by atoms with van der Waals surface area (Å²) in [6.07, 6.45) is 0.934. The number of benzene rings is 1. The summed E-state index contributed by atoms with van der Waals surface area (Å²) in [5.41, 5.74) is 3.42. The Balaban J connectivity index is 1.82. The normalized spacial score (nSPS) is 16.8. The second-order valence-corrected chi connectivity index (χ2v) is 6.54. The van der Waals surface area contributed by atoms with E-state index in [9.17, 15) is 0 Å². The number of hydrogen-bond acceptors (Lipinski definition) is 4. The third-order valence-electron chi connectivity index (χ3n) is 4.29. The van der Waals surface area contributed by atoms with Gasteiger partial charge < -0.3 is 15.0 Å². The Hall–Kier alpha value is -1.72. The smallest absolute Gasteiger partial charge is 0.142 e. The molecule has 1 N–H and O–H groups in total. The Labute approximate surface area is 142 Å². The SMILES string of the molecule is Cc1nn(C)c(N(C)C)c1CN[C@H]1CCOc2c(Cl)cccc21. The van der Waals surface area contributed by atoms with Gasteiger partial charge in [-0.15, -0.1) is 0 Å². The molecule has 23 heavy (non-hydrogen) atoms. The van der Waals surface area contributed by atoms with E-state index in [4.69, 9.17) is 16.3 Å². The molecular formula is C17H23ClN4O. The summed E-state index contributed by atoms with van der Waals surface area (Å²) < 4.78 is 7.66. The van der Waals surface area contributed by atoms with Crippen LogP contribution in [0.5, 0.6) is 5.75 Å². The summed E-state index contributed by atoms with van der Waals surface area (Å²) in [5.74, 6) is 1.95. The van der Waals surface area contributed by atoms with E-state index < -0.39 is 0 Å². The molecule has 0 aliphatic carbocycles. The predicted octanol–water partition coefficient (Wildman–Crippen LogP) is 3.06. The molecule has 1 aromatic carbocycles. The Kier molecular flexibility index (Phi) is 4.50. The van der Waals surface area contributed by atoms with Gasteiger partial charge in [0.25, 0.3) is 0 Å². The third-order valence-corrected chi connectivity index (χ3v) is 4.59. The van der Waals surface area contributed by atoms with Crippen molar-refractivity contribution in [1.82, 2.24) is 15.1 Å². The molecule has 0 saturated carbocycles. The number of hydrogen-bond donors (Lipinski definition) is 1. The first kappa shape index (κ1) is 16.1. The number of ether oxygens (including phenoxy) is 1. The Morgan fingerprint density at radius 1 is 1.43 bits per heavy atom. The largest absolute Gasteiger partial charge is 0.492 e. The van der Waals surface area contributed by atoms with Crippen LogP contribution in [0.1, 0.15) is 29.3 Å². The molecule has 2 heterocycles. The summed E-state index contributed by atoms with van der Waals surface area (Å²) >= 11 is 6.25. The molecule has 124 valence electrons. The molecule has 0 radical (unpaired) electrons. The first-order valence-corrected chi connectivity index (χ1v) is 8.21. The topological polar surface area (TPSA) is 42.3 Å². The average Bonchev–Trinajstić information content (AvgIpc) is 2.79. The molecule has 1 atom stereocenters. The van der Waals surface area contributed by atoms with E-state index in [-0.39, 0.29) is 6.04 Å². The Morgan fingerprint density at radius 3 is 2.96 bits per heavy atom. The molecule has 0 spiro atoms. The number of rotatable bonds is 4. The lowest BCUT2D eigenvalue weighted by Gasteiger charge is -2.28. The second kappa shape index (κ2) is 6.42. The van der Waals surface area contributed by atoms with Crippen LogP contribution in [0, 0.1) is 6.92 Å². The van der Waals surface area contributed by atoms with Gasteiger partial charge >= 0.3 is 0 Å². The fraction of sp³-hybridized carbons (Fsp3) is 0.471. The predicted molar refractivity (Wildman–Crippen MR) is 93.4 cm³/mol. The molecule has 0 amide bonds. The summed E-state index contributed by atoms with van der Waals surface area (Å²) in [6.45, 7) is 3.50. The minimum absolute atomic E-state index is 0.243. The van der Waals surface area contributed by atoms with Crippen molar-refractivity contribution in [3.63, 3.8) is 0 Å². The number of nitrogens with one attached hydrogen (secondary N) is 1. The van der Waals surface area contributed by atoms with Crippen molar-refractivity contribution in [2.45, 2.75) is 25.9 Å². The van der Waals surface area contributed by atoms with Crippen LogP contribution in [0.2, 0.25) is 5.02 Å². The third kappa shape index (κ3) is 3.03. The van der Waals surface area contributed by atoms with Gasteiger partial charge in [-0.1, -0.05) is 23.7 Å². The maximum atomic E-state index is 6.25. The summed E-state index contributed by atoms with van der Waals surface area (Å²) in [5, 5.41) is 8.88. The number of para-hydroxylation sites is 1. The average molecular weight is 335 g/mol. The van der Waals surface area contributed by atoms with Gasteiger partial charge in [-0.2, -0.15) is 5.10 Å². The van der Waals surface area contributed by atoms with Gasteiger partial charge in [0.1, 0.15) is 11.6 Å². The standard InChI is InChI=1S/C17H23ClN4O/c1-11-13(17(21(2)3)22(4)20-11)10-19-15-8-9-23-16-12(15)6-5-7-14(16)18/h5-7,15,19H,8-10H2,1-4H3/t15-/m0/s1. The van der Waals surface area contributed by atoms with Crippen molar-refractivity contribution in [3.8, 4) is 5.75 Å². The minimum atomic E-state index is 0.243. The zero-order chi connectivity index (χ0) is 16.6. The molecule has 0 fully saturated rings. The molecule has 1 aliphatic rings. The first-order chi connectivity index (χ1) is 11.0. The van der Waals surface area contributed by atoms with Crippen LogP contribution in [0.4, 0.5) is 5.82 Å². The highest BCUT2D eigenvalue weighted by atomic mass is 35.5. The fourth-order valence-corrected chi connectivity index (χ4v) is 3.52. The van der Waals surface area contributed by atoms with Crippen LogP contribution in [0.15, 0.2) is 18.2 Å². The van der Waals surface area contributed by atoms with Crippen molar-refractivity contribution < 1.29 is 4.74 Å². The first-order valence-electron chi connectivity index (χ1n) is 7.83. The number of fused-ring (bicyclic) bond motifs is 1. The van der Waals surface area contributed by atoms with E-state index in [2.05, 4.69) is 28.3 Å². The van der Waals surface area contributed by atoms with Gasteiger partial charge in [0, 0.05) is 51.3 Å². The van der Waals surface area contributed by atoms with E-state index >= 15 is 0 Å². The number of nitrogens with zero attached hydrogens (tertiary/aromatic N) is 3. The molecular weight excluding hydrogens is 312 g/mol. The Morgan fingerprint density at radius 2 is 2.22 bits per heavy atom. The lowest BCUT2D eigenvalue weighted by atomic mass is 10.00. The zero-order valence-electron chi connectivity index (χ0n) is 14.1. The molecule has 6 heteroatoms. The highest BCUT2D eigenvalue weighted by molar-refractivity contribution is 6.32. The van der Waals surface area contributed by atoms with Crippen molar-refractivity contribution >= 4 is 17.4 Å². The summed E-state index contributed by atoms with van der Waals surface area (Å²) in [6, 6.07) is 6.18. The van der Waals surface area contributed by atoms with Crippen molar-refractivity contribution in [1.29, 1.82) is 0 Å². The van der Waals surface area contributed by atoms with Crippen LogP contribution < -0.4 is 15.0 Å². The van der Waals surface area contributed by atoms with Gasteiger partial charge in [0.2, 0.25) is 0 Å². The quantitative estimate of drug-likeness (QED) is 0.933. The fourth-order valence-electron chi connectivity index (χ4n) is 3.28. The van der Waals surface area contributed by atoms with Crippen LogP contribution in [0.3, 0.4) is 0 Å². The minimum Gasteiger partial charge on any atom is -0.492 e. The molecule has 2 aromatic rings. The zero-order valence-corrected chi connectivity index (χ0v) is 14.8. The van der Waals surface area contributed by atoms with E-state index in [1.807, 2.05) is 38.0 Å². The summed E-state index contributed by atoms with van der Waals surface area (Å²) in [4.78, 5) is 2.10. The van der Waals surface area contributed by atoms with E-state index in [1.54, 1.807) is 0 Å². The molecule has 1 aliphatic heterocycles. The maximum absolute atomic E-state index is 6.25. The molecule has 0 saturated heterocycles. The van der Waals surface area contributed by atoms with Crippen molar-refractivity contribution in [3.05, 3.63) is 40.0 Å². The lowest BCUT2D eigenvalue weighted by Crippen LogP contribution is -2.27. The number of aryl methyl sites for hydroxylation is 2. The van der Waals surface area contributed by atoms with Crippen LogP contribution in [0.25, 0.3) is 0 Å². The lowest BCUT2D eigenvalue weighted by molar-refractivity contribution is 0.252. The number of halogens is 1. The van der Waals surface area contributed by atoms with Gasteiger partial charge in [0.15, 0.2) is 0 Å². The second-order valence-electron chi connectivity index (χ2n) is 6.13. The maximum Gasteiger partial charge on any atom is 0.142 e. The van der Waals surface area contributed by atoms with Gasteiger partial charge in [-0.25, -0.2) is 0 Å². The van der Waals surface area contributed by atoms with E-state index in [1.165, 1.54) is 5.56 Å². The molecule has 5 nitrogen and oxygen atoms in total. The van der Waals surface area contributed by atoms with Crippen molar-refractivity contribution in [2.75, 3.05) is 25.6 Å². The van der Waals surface area contributed by atoms with Gasteiger partial charge in [-0.05, 0) is 13.0 Å². The molecule has 1 aromatic heterocycles. The Bertz CT molecular complexity index is 711. The van der Waals surface area contributed by atoms with E-state index in [0.717, 1.165) is 35.8 Å². The molecule has 0 unspecified atom stereocenters. The van der Waals surface area contributed by atoms with Crippen molar-refractivity contribution in [2.24, 2.45) is 7.05 Å². The van der Waals surface area contributed by atoms with Gasteiger partial charge in [0.05, 0.1) is 17.3 Å². The molecule has 3 rings (SSSR count). The highest BCUT2D eigenvalue weighted by Gasteiger charge is 2.24. The van der Waals surface area contributed by atoms with Gasteiger partial charge in [-0.3, -0.25) is 4.68 Å². The van der Waals surface area contributed by atoms with Crippen LogP contribution >= 0.6 is 11.6 Å². The monoisotopic (exact) mass is 334 g/mol. The number of anilines is 1. The highest BCUT2D eigenvalue weighted by Crippen LogP contribution is 2.37.